The van der Waals surface area contributed by atoms with Crippen molar-refractivity contribution in [2.45, 2.75) is 19.1 Å². The average molecular weight is 387 g/mol. The molecule has 0 radical (unpaired) electrons. The summed E-state index contributed by atoms with van der Waals surface area (Å²) in [6.45, 7) is 1.75. The maximum Gasteiger partial charge on any atom is 0.222 e. The Morgan fingerprint density at radius 1 is 1.11 bits per heavy atom. The fraction of sp³-hybridized carbons (Fsp3) is 0.263. The molecule has 0 aliphatic carbocycles. The van der Waals surface area contributed by atoms with Crippen LogP contribution in [0.4, 0.5) is 15.8 Å². The van der Waals surface area contributed by atoms with Crippen molar-refractivity contribution in [1.82, 2.24) is 4.90 Å². The molecule has 0 aromatic heterocycles. The molecule has 2 aromatic rings. The maximum atomic E-state index is 13.9. The summed E-state index contributed by atoms with van der Waals surface area (Å²) in [6.07, 6.45) is 1.59. The van der Waals surface area contributed by atoms with Gasteiger partial charge >= 0.3 is 0 Å². The van der Waals surface area contributed by atoms with Crippen LogP contribution < -0.4 is 16.0 Å². The van der Waals surface area contributed by atoms with Crippen LogP contribution in [0.15, 0.2) is 58.5 Å². The van der Waals surface area contributed by atoms with Crippen LogP contribution in [0.5, 0.6) is 0 Å². The Bertz CT molecular complexity index is 893. The third kappa shape index (κ3) is 3.83. The van der Waals surface area contributed by atoms with Crippen molar-refractivity contribution >= 4 is 34.9 Å². The standard InChI is InChI=1S/C19H20ClFN6/c20-13-5-3-7-15(11-13)23-18-24-17(22)25-19(26-9-1-2-10-26)27(18)16-8-4-6-14(21)12-16/h3-8,11-12,18,23H,1-2,9-10H2,(H2,22,24). The number of nitrogens with one attached hydrogen (secondary N) is 1. The summed E-state index contributed by atoms with van der Waals surface area (Å²) in [5.41, 5.74) is 7.44. The van der Waals surface area contributed by atoms with Crippen LogP contribution in [0.25, 0.3) is 0 Å². The third-order valence-corrected chi connectivity index (χ3v) is 4.76. The average Bonchev–Trinajstić information content (AvgIpc) is 3.16. The minimum Gasteiger partial charge on any atom is -0.368 e. The van der Waals surface area contributed by atoms with Crippen molar-refractivity contribution in [2.24, 2.45) is 15.7 Å². The van der Waals surface area contributed by atoms with E-state index in [-0.39, 0.29) is 11.8 Å². The molecule has 2 aliphatic heterocycles. The van der Waals surface area contributed by atoms with Gasteiger partial charge in [-0.3, -0.25) is 4.90 Å². The lowest BCUT2D eigenvalue weighted by Gasteiger charge is -2.38. The third-order valence-electron chi connectivity index (χ3n) is 4.52. The molecule has 0 amide bonds. The number of halogens is 2. The van der Waals surface area contributed by atoms with Gasteiger partial charge in [0.2, 0.25) is 18.2 Å². The quantitative estimate of drug-likeness (QED) is 0.847. The van der Waals surface area contributed by atoms with Gasteiger partial charge in [0, 0.05) is 23.8 Å². The first kappa shape index (κ1) is 17.6. The normalized spacial score (nSPS) is 19.7. The number of hydrogen-bond donors (Lipinski definition) is 2. The van der Waals surface area contributed by atoms with Crippen LogP contribution in [0.3, 0.4) is 0 Å². The van der Waals surface area contributed by atoms with E-state index in [4.69, 9.17) is 17.3 Å². The Balaban J connectivity index is 1.74. The Kier molecular flexibility index (Phi) is 4.85. The number of benzene rings is 2. The van der Waals surface area contributed by atoms with E-state index in [9.17, 15) is 4.39 Å². The lowest BCUT2D eigenvalue weighted by atomic mass is 10.2. The highest BCUT2D eigenvalue weighted by atomic mass is 35.5. The number of nitrogens with zero attached hydrogens (tertiary/aromatic N) is 4. The van der Waals surface area contributed by atoms with Crippen LogP contribution in [0.1, 0.15) is 12.8 Å². The van der Waals surface area contributed by atoms with Crippen molar-refractivity contribution in [3.63, 3.8) is 0 Å². The molecule has 2 heterocycles. The molecule has 3 N–H and O–H groups in total. The van der Waals surface area contributed by atoms with E-state index < -0.39 is 6.29 Å². The number of guanidine groups is 2. The molecule has 6 nitrogen and oxygen atoms in total. The fourth-order valence-electron chi connectivity index (χ4n) is 3.32. The van der Waals surface area contributed by atoms with Gasteiger partial charge < -0.3 is 16.0 Å². The van der Waals surface area contributed by atoms with Crippen molar-refractivity contribution in [1.29, 1.82) is 0 Å². The summed E-state index contributed by atoms with van der Waals surface area (Å²) in [7, 11) is 0. The molecule has 8 heteroatoms. The molecular weight excluding hydrogens is 367 g/mol. The first-order valence-corrected chi connectivity index (χ1v) is 9.22. The van der Waals surface area contributed by atoms with Crippen LogP contribution in [0.2, 0.25) is 5.02 Å². The first-order valence-electron chi connectivity index (χ1n) is 8.84. The first-order chi connectivity index (χ1) is 13.1. The van der Waals surface area contributed by atoms with Crippen molar-refractivity contribution in [3.8, 4) is 0 Å². The molecule has 2 aliphatic rings. The molecule has 0 saturated carbocycles. The van der Waals surface area contributed by atoms with Crippen LogP contribution >= 0.6 is 11.6 Å². The Labute approximate surface area is 162 Å². The second-order valence-electron chi connectivity index (χ2n) is 6.47. The summed E-state index contributed by atoms with van der Waals surface area (Å²) >= 11 is 6.10. The van der Waals surface area contributed by atoms with E-state index >= 15 is 0 Å². The summed E-state index contributed by atoms with van der Waals surface area (Å²) in [4.78, 5) is 12.9. The van der Waals surface area contributed by atoms with Crippen LogP contribution in [-0.4, -0.2) is 36.2 Å². The van der Waals surface area contributed by atoms with Crippen LogP contribution in [0, 0.1) is 5.82 Å². The molecule has 1 saturated heterocycles. The maximum absolute atomic E-state index is 13.9. The van der Waals surface area contributed by atoms with E-state index in [1.54, 1.807) is 18.2 Å². The summed E-state index contributed by atoms with van der Waals surface area (Å²) in [5, 5.41) is 3.93. The fourth-order valence-corrected chi connectivity index (χ4v) is 3.51. The highest BCUT2D eigenvalue weighted by Gasteiger charge is 2.32. The van der Waals surface area contributed by atoms with Crippen molar-refractivity contribution in [3.05, 3.63) is 59.4 Å². The minimum atomic E-state index is -0.571. The molecular formula is C19H20ClFN6. The largest absolute Gasteiger partial charge is 0.368 e. The molecule has 0 bridgehead atoms. The van der Waals surface area contributed by atoms with Crippen molar-refractivity contribution < 1.29 is 4.39 Å². The number of rotatable bonds is 3. The zero-order valence-electron chi connectivity index (χ0n) is 14.6. The zero-order valence-corrected chi connectivity index (χ0v) is 15.4. The van der Waals surface area contributed by atoms with Gasteiger partial charge in [0.1, 0.15) is 5.82 Å². The number of nitrogens with two attached hydrogens (primary N) is 1. The van der Waals surface area contributed by atoms with Crippen molar-refractivity contribution in [2.75, 3.05) is 23.3 Å². The van der Waals surface area contributed by atoms with E-state index in [1.165, 1.54) is 12.1 Å². The van der Waals surface area contributed by atoms with Gasteiger partial charge in [-0.2, -0.15) is 4.99 Å². The number of likely N-dealkylation sites (tertiary alicyclic amines) is 1. The van der Waals surface area contributed by atoms with Gasteiger partial charge in [0.15, 0.2) is 0 Å². The molecule has 0 spiro atoms. The smallest absolute Gasteiger partial charge is 0.222 e. The lowest BCUT2D eigenvalue weighted by molar-refractivity contribution is 0.497. The van der Waals surface area contributed by atoms with Gasteiger partial charge in [-0.15, -0.1) is 0 Å². The van der Waals surface area contributed by atoms with E-state index in [0.717, 1.165) is 31.6 Å². The summed E-state index contributed by atoms with van der Waals surface area (Å²) in [5.74, 6) is 0.534. The predicted octanol–water partition coefficient (Wildman–Crippen LogP) is 3.46. The van der Waals surface area contributed by atoms with E-state index in [1.807, 2.05) is 23.1 Å². The zero-order chi connectivity index (χ0) is 18.8. The molecule has 1 unspecified atom stereocenters. The number of anilines is 2. The summed E-state index contributed by atoms with van der Waals surface area (Å²) in [6, 6.07) is 13.7. The molecule has 140 valence electrons. The topological polar surface area (TPSA) is 69.2 Å². The van der Waals surface area contributed by atoms with E-state index in [2.05, 4.69) is 20.2 Å². The highest BCUT2D eigenvalue weighted by molar-refractivity contribution is 6.30. The Morgan fingerprint density at radius 2 is 1.89 bits per heavy atom. The Morgan fingerprint density at radius 3 is 2.63 bits per heavy atom. The van der Waals surface area contributed by atoms with Crippen LogP contribution in [-0.2, 0) is 0 Å². The molecule has 1 atom stereocenters. The molecule has 2 aromatic carbocycles. The van der Waals surface area contributed by atoms with Gasteiger partial charge in [0.05, 0.1) is 5.69 Å². The number of aliphatic imine (C=N–C) groups is 2. The van der Waals surface area contributed by atoms with Gasteiger partial charge in [-0.25, -0.2) is 9.38 Å². The minimum absolute atomic E-state index is 0.184. The molecule has 1 fully saturated rings. The van der Waals surface area contributed by atoms with Gasteiger partial charge in [-0.05, 0) is 49.2 Å². The molecule has 4 rings (SSSR count). The van der Waals surface area contributed by atoms with E-state index in [0.29, 0.717) is 16.7 Å². The lowest BCUT2D eigenvalue weighted by Crippen LogP contribution is -2.54. The summed E-state index contributed by atoms with van der Waals surface area (Å²) < 4.78 is 13.9. The second kappa shape index (κ2) is 7.44. The van der Waals surface area contributed by atoms with Gasteiger partial charge in [0.25, 0.3) is 0 Å². The van der Waals surface area contributed by atoms with Gasteiger partial charge in [-0.1, -0.05) is 23.7 Å². The highest BCUT2D eigenvalue weighted by Crippen LogP contribution is 2.26. The monoisotopic (exact) mass is 386 g/mol. The Hall–Kier alpha value is -2.80. The number of hydrogen-bond acceptors (Lipinski definition) is 6. The second-order valence-corrected chi connectivity index (χ2v) is 6.91. The predicted molar refractivity (Wildman–Crippen MR) is 108 cm³/mol. The molecule has 27 heavy (non-hydrogen) atoms. The SMILES string of the molecule is NC1=NC(Nc2cccc(Cl)c2)N(c2cccc(F)c2)C(N2CCCC2)=N1.